The van der Waals surface area contributed by atoms with Gasteiger partial charge in [-0.05, 0) is 49.2 Å². The minimum Gasteiger partial charge on any atom is -0.507 e. The Morgan fingerprint density at radius 2 is 1.71 bits per heavy atom. The summed E-state index contributed by atoms with van der Waals surface area (Å²) in [5.74, 6) is 0.524. The molecule has 0 aromatic heterocycles. The van der Waals surface area contributed by atoms with Gasteiger partial charge < -0.3 is 33.7 Å². The highest BCUT2D eigenvalue weighted by Crippen LogP contribution is 2.43. The molecular formula is C31H38N2O8. The number of hydrogen-bond acceptors (Lipinski definition) is 9. The van der Waals surface area contributed by atoms with Crippen LogP contribution in [0.4, 0.5) is 0 Å². The average Bonchev–Trinajstić information content (AvgIpc) is 3.26. The summed E-state index contributed by atoms with van der Waals surface area (Å²) in [6.07, 6.45) is 1.91. The molecule has 1 amide bonds. The van der Waals surface area contributed by atoms with Crippen molar-refractivity contribution < 1.29 is 38.4 Å². The first kappa shape index (κ1) is 28.8. The third kappa shape index (κ3) is 6.28. The molecular weight excluding hydrogens is 528 g/mol. The molecule has 2 fully saturated rings. The van der Waals surface area contributed by atoms with E-state index in [1.54, 1.807) is 29.2 Å². The number of hydrogen-bond donors (Lipinski definition) is 1. The number of carbonyl (C=O) groups excluding carboxylic acids is 2. The number of aliphatic hydroxyl groups excluding tert-OH is 1. The summed E-state index contributed by atoms with van der Waals surface area (Å²) in [5, 5.41) is 11.5. The average molecular weight is 567 g/mol. The summed E-state index contributed by atoms with van der Waals surface area (Å²) >= 11 is 0. The number of morpholine rings is 1. The number of ether oxygens (including phenoxy) is 5. The summed E-state index contributed by atoms with van der Waals surface area (Å²) < 4.78 is 28.6. The highest BCUT2D eigenvalue weighted by molar-refractivity contribution is 6.46. The fraction of sp³-hybridized carbons (Fsp3) is 0.484. The van der Waals surface area contributed by atoms with Crippen LogP contribution in [-0.2, 0) is 14.3 Å². The van der Waals surface area contributed by atoms with Crippen LogP contribution in [-0.4, -0.2) is 92.4 Å². The number of amides is 1. The molecule has 2 saturated heterocycles. The van der Waals surface area contributed by atoms with Gasteiger partial charge in [0.25, 0.3) is 11.7 Å². The summed E-state index contributed by atoms with van der Waals surface area (Å²) in [6, 6.07) is 9.63. The molecule has 3 aliphatic heterocycles. The zero-order valence-corrected chi connectivity index (χ0v) is 23.7. The number of nitrogens with zero attached hydrogens (tertiary/aromatic N) is 2. The molecule has 0 unspecified atom stereocenters. The van der Waals surface area contributed by atoms with E-state index in [1.165, 1.54) is 0 Å². The van der Waals surface area contributed by atoms with Crippen molar-refractivity contribution in [1.82, 2.24) is 9.80 Å². The van der Waals surface area contributed by atoms with Crippen LogP contribution in [0.3, 0.4) is 0 Å². The first-order chi connectivity index (χ1) is 20.0. The van der Waals surface area contributed by atoms with E-state index in [2.05, 4.69) is 11.8 Å². The summed E-state index contributed by atoms with van der Waals surface area (Å²) in [4.78, 5) is 30.8. The van der Waals surface area contributed by atoms with E-state index < -0.39 is 17.7 Å². The number of unbranched alkanes of at least 4 members (excludes halogenated alkanes) is 1. The molecule has 0 spiro atoms. The molecule has 1 atom stereocenters. The lowest BCUT2D eigenvalue weighted by atomic mass is 9.94. The number of carbonyl (C=O) groups is 2. The second-order valence-corrected chi connectivity index (χ2v) is 10.1. The molecule has 1 N–H and O–H groups in total. The first-order valence-electron chi connectivity index (χ1n) is 14.4. The van der Waals surface area contributed by atoms with Crippen molar-refractivity contribution in [3.05, 3.63) is 53.1 Å². The molecule has 220 valence electrons. The van der Waals surface area contributed by atoms with Crippen LogP contribution in [0, 0.1) is 0 Å². The monoisotopic (exact) mass is 566 g/mol. The van der Waals surface area contributed by atoms with Gasteiger partial charge in [-0.1, -0.05) is 19.4 Å². The van der Waals surface area contributed by atoms with Crippen LogP contribution in [0.15, 0.2) is 42.0 Å². The normalized spacial score (nSPS) is 20.3. The quantitative estimate of drug-likeness (QED) is 0.188. The maximum absolute atomic E-state index is 13.6. The van der Waals surface area contributed by atoms with Gasteiger partial charge >= 0.3 is 0 Å². The molecule has 5 rings (SSSR count). The van der Waals surface area contributed by atoms with Crippen molar-refractivity contribution in [3.63, 3.8) is 0 Å². The number of ketones is 1. The Morgan fingerprint density at radius 3 is 2.46 bits per heavy atom. The van der Waals surface area contributed by atoms with Gasteiger partial charge in [0.05, 0.1) is 38.0 Å². The third-order valence-electron chi connectivity index (χ3n) is 7.46. The van der Waals surface area contributed by atoms with Crippen molar-refractivity contribution >= 4 is 17.4 Å². The van der Waals surface area contributed by atoms with Crippen LogP contribution in [0.25, 0.3) is 5.76 Å². The van der Waals surface area contributed by atoms with Crippen LogP contribution in [0.1, 0.15) is 43.9 Å². The van der Waals surface area contributed by atoms with Crippen molar-refractivity contribution in [3.8, 4) is 23.0 Å². The van der Waals surface area contributed by atoms with Gasteiger partial charge in [-0.15, -0.1) is 0 Å². The lowest BCUT2D eigenvalue weighted by Crippen LogP contribution is -2.42. The zero-order valence-electron chi connectivity index (χ0n) is 23.7. The van der Waals surface area contributed by atoms with Crippen LogP contribution < -0.4 is 18.9 Å². The topological polar surface area (TPSA) is 107 Å². The van der Waals surface area contributed by atoms with Crippen molar-refractivity contribution in [1.29, 1.82) is 0 Å². The maximum Gasteiger partial charge on any atom is 0.295 e. The molecule has 10 nitrogen and oxygen atoms in total. The van der Waals surface area contributed by atoms with Crippen LogP contribution in [0.2, 0.25) is 0 Å². The Kier molecular flexibility index (Phi) is 9.31. The Bertz CT molecular complexity index is 1290. The molecule has 3 aliphatic rings. The lowest BCUT2D eigenvalue weighted by Gasteiger charge is -2.31. The van der Waals surface area contributed by atoms with Crippen LogP contribution >= 0.6 is 0 Å². The van der Waals surface area contributed by atoms with Crippen molar-refractivity contribution in [2.24, 2.45) is 0 Å². The number of rotatable bonds is 11. The minimum absolute atomic E-state index is 0.0238. The number of Topliss-reactive ketones (excluding diaryl/α,β-unsaturated/α-hetero) is 1. The standard InChI is InChI=1S/C31H38N2O8/c1-3-5-14-39-23-8-6-21(19-25(23)38-4-2)28-27(29(34)22-7-9-24-26(20-22)41-18-17-40-24)30(35)31(36)33(28)11-10-32-12-15-37-16-13-32/h6-9,19-20,28,34H,3-5,10-18H2,1-2H3/t28-/m0/s1. The van der Waals surface area contributed by atoms with E-state index in [9.17, 15) is 14.7 Å². The smallest absolute Gasteiger partial charge is 0.295 e. The Balaban J connectivity index is 1.55. The van der Waals surface area contributed by atoms with Gasteiger partial charge in [0.1, 0.15) is 19.0 Å². The van der Waals surface area contributed by atoms with Crippen molar-refractivity contribution in [2.75, 3.05) is 65.8 Å². The lowest BCUT2D eigenvalue weighted by molar-refractivity contribution is -0.140. The molecule has 0 radical (unpaired) electrons. The minimum atomic E-state index is -0.812. The highest BCUT2D eigenvalue weighted by atomic mass is 16.6. The van der Waals surface area contributed by atoms with Gasteiger partial charge in [-0.3, -0.25) is 14.5 Å². The van der Waals surface area contributed by atoms with E-state index in [4.69, 9.17) is 23.7 Å². The van der Waals surface area contributed by atoms with Crippen LogP contribution in [0.5, 0.6) is 23.0 Å². The van der Waals surface area contributed by atoms with Gasteiger partial charge in [0, 0.05) is 31.7 Å². The molecule has 0 aliphatic carbocycles. The summed E-state index contributed by atoms with van der Waals surface area (Å²) in [5.41, 5.74) is 1.04. The number of fused-ring (bicyclic) bond motifs is 1. The second kappa shape index (κ2) is 13.3. The third-order valence-corrected chi connectivity index (χ3v) is 7.46. The Labute approximate surface area is 240 Å². The van der Waals surface area contributed by atoms with E-state index in [-0.39, 0.29) is 11.3 Å². The zero-order chi connectivity index (χ0) is 28.8. The number of aliphatic hydroxyl groups is 1. The maximum atomic E-state index is 13.6. The fourth-order valence-electron chi connectivity index (χ4n) is 5.29. The van der Waals surface area contributed by atoms with E-state index in [1.807, 2.05) is 19.1 Å². The van der Waals surface area contributed by atoms with E-state index in [0.29, 0.717) is 86.9 Å². The number of benzene rings is 2. The predicted octanol–water partition coefficient (Wildman–Crippen LogP) is 3.79. The van der Waals surface area contributed by atoms with Gasteiger partial charge in [-0.2, -0.15) is 0 Å². The molecule has 0 bridgehead atoms. The Hall–Kier alpha value is -3.76. The highest BCUT2D eigenvalue weighted by Gasteiger charge is 2.46. The van der Waals surface area contributed by atoms with E-state index >= 15 is 0 Å². The molecule has 2 aromatic rings. The van der Waals surface area contributed by atoms with Gasteiger partial charge in [0.2, 0.25) is 0 Å². The number of likely N-dealkylation sites (tertiary alicyclic amines) is 1. The largest absolute Gasteiger partial charge is 0.507 e. The molecule has 41 heavy (non-hydrogen) atoms. The summed E-state index contributed by atoms with van der Waals surface area (Å²) in [6.45, 7) is 9.43. The molecule has 3 heterocycles. The fourth-order valence-corrected chi connectivity index (χ4v) is 5.29. The van der Waals surface area contributed by atoms with E-state index in [0.717, 1.165) is 25.9 Å². The van der Waals surface area contributed by atoms with Gasteiger partial charge in [0.15, 0.2) is 23.0 Å². The predicted molar refractivity (Wildman–Crippen MR) is 152 cm³/mol. The van der Waals surface area contributed by atoms with Gasteiger partial charge in [-0.25, -0.2) is 0 Å². The molecule has 2 aromatic carbocycles. The molecule has 0 saturated carbocycles. The van der Waals surface area contributed by atoms with Crippen molar-refractivity contribution in [2.45, 2.75) is 32.7 Å². The molecule has 10 heteroatoms. The second-order valence-electron chi connectivity index (χ2n) is 10.1. The Morgan fingerprint density at radius 1 is 0.927 bits per heavy atom. The first-order valence-corrected chi connectivity index (χ1v) is 14.4. The SMILES string of the molecule is CCCCOc1ccc([C@H]2C(=C(O)c3ccc4c(c3)OCCO4)C(=O)C(=O)N2CCN2CCOCC2)cc1OCC. The summed E-state index contributed by atoms with van der Waals surface area (Å²) in [7, 11) is 0.